The highest BCUT2D eigenvalue weighted by molar-refractivity contribution is 7.99. The second kappa shape index (κ2) is 16.3. The van der Waals surface area contributed by atoms with Crippen molar-refractivity contribution >= 4 is 49.8 Å². The van der Waals surface area contributed by atoms with Crippen LogP contribution in [-0.2, 0) is 62.3 Å². The third kappa shape index (κ3) is 11.3. The van der Waals surface area contributed by atoms with Crippen LogP contribution in [0.15, 0.2) is 30.3 Å². The third-order valence-electron chi connectivity index (χ3n) is 5.89. The minimum Gasteiger partial charge on any atom is -0.771 e. The first-order valence-corrected chi connectivity index (χ1v) is 16.6. The molecule has 0 aliphatic heterocycles. The predicted molar refractivity (Wildman–Crippen MR) is 145 cm³/mol. The Bertz CT molecular complexity index is 1150. The van der Waals surface area contributed by atoms with Crippen molar-refractivity contribution in [1.29, 1.82) is 0 Å². The molecule has 228 valence electrons. The van der Waals surface area contributed by atoms with Crippen LogP contribution in [0.1, 0.15) is 45.6 Å². The molecule has 5 unspecified atom stereocenters. The molecule has 0 fully saturated rings. The van der Waals surface area contributed by atoms with Gasteiger partial charge in [-0.25, -0.2) is 8.42 Å². The third-order valence-corrected chi connectivity index (χ3v) is 9.75. The normalized spacial score (nSPS) is 17.1. The van der Waals surface area contributed by atoms with Gasteiger partial charge in [0.2, 0.25) is 12.2 Å². The molecule has 1 amide bonds. The Kier molecular flexibility index (Phi) is 14.6. The topological polar surface area (TPSA) is 222 Å². The van der Waals surface area contributed by atoms with E-state index in [1.807, 2.05) is 0 Å². The minimum absolute atomic E-state index is 0.0505. The van der Waals surface area contributed by atoms with Crippen LogP contribution in [0.2, 0.25) is 0 Å². The number of nitrogens with two attached hydrogens (primary N) is 1. The molecule has 16 heteroatoms. The van der Waals surface area contributed by atoms with Crippen LogP contribution in [0.5, 0.6) is 0 Å². The number of amides is 1. The summed E-state index contributed by atoms with van der Waals surface area (Å²) in [7, 11) is -3.61. The zero-order valence-electron chi connectivity index (χ0n) is 22.7. The van der Waals surface area contributed by atoms with Gasteiger partial charge in [-0.3, -0.25) is 22.8 Å². The SMILES string of the molecule is CCC(=O)OC(OC(=O)CNC(=O)C(Cc1ccccc1)CC(C(N)CCS(C)(=O)=O)(S(=O)[O-])S(=O)[O-])C(C)C. The molecule has 0 saturated carbocycles. The van der Waals surface area contributed by atoms with Crippen molar-refractivity contribution in [2.45, 2.75) is 62.9 Å². The highest BCUT2D eigenvalue weighted by Gasteiger charge is 2.44. The molecule has 0 aromatic heterocycles. The fraction of sp³-hybridized carbons (Fsp3) is 0.625. The van der Waals surface area contributed by atoms with E-state index in [2.05, 4.69) is 5.32 Å². The molecule has 5 atom stereocenters. The standard InChI is InChI=1S/C24H38N2O11S3/c1-5-20(27)36-23(16(2)3)37-21(28)15-26-22(29)18(13-17-9-7-6-8-10-17)14-24(38(30)31,39(32)33)19(25)11-12-40(4,34)35/h6-10,16,18-19,23H,5,11-15,25H2,1-4H3,(H,26,29)(H,30,31)(H,32,33)/p-2. The zero-order chi connectivity index (χ0) is 30.7. The van der Waals surface area contributed by atoms with Crippen molar-refractivity contribution in [3.63, 3.8) is 0 Å². The Balaban J connectivity index is 3.23. The van der Waals surface area contributed by atoms with Crippen LogP contribution >= 0.6 is 0 Å². The van der Waals surface area contributed by atoms with Gasteiger partial charge in [0.15, 0.2) is 0 Å². The molecule has 13 nitrogen and oxygen atoms in total. The molecule has 0 heterocycles. The first kappa shape index (κ1) is 35.8. The van der Waals surface area contributed by atoms with Crippen molar-refractivity contribution in [2.24, 2.45) is 17.6 Å². The van der Waals surface area contributed by atoms with E-state index in [-0.39, 0.29) is 12.8 Å². The second-order valence-electron chi connectivity index (χ2n) is 9.56. The summed E-state index contributed by atoms with van der Waals surface area (Å²) in [5.41, 5.74) is 6.52. The number of rotatable bonds is 17. The lowest BCUT2D eigenvalue weighted by molar-refractivity contribution is -0.195. The summed E-state index contributed by atoms with van der Waals surface area (Å²) in [6, 6.07) is 6.61. The Morgan fingerprint density at radius 3 is 2.08 bits per heavy atom. The Morgan fingerprint density at radius 1 is 1.05 bits per heavy atom. The summed E-state index contributed by atoms with van der Waals surface area (Å²) in [4.78, 5) is 37.2. The molecule has 1 rings (SSSR count). The number of hydrogen-bond donors (Lipinski definition) is 2. The summed E-state index contributed by atoms with van der Waals surface area (Å²) < 4.78 is 80.1. The van der Waals surface area contributed by atoms with Crippen LogP contribution in [-0.4, -0.2) is 78.8 Å². The molecule has 0 bridgehead atoms. The summed E-state index contributed by atoms with van der Waals surface area (Å²) in [6.07, 6.45) is -1.71. The van der Waals surface area contributed by atoms with Gasteiger partial charge in [0.25, 0.3) is 0 Å². The minimum atomic E-state index is -3.61. The summed E-state index contributed by atoms with van der Waals surface area (Å²) >= 11 is -6.76. The summed E-state index contributed by atoms with van der Waals surface area (Å²) in [5, 5.41) is 2.32. The quantitative estimate of drug-likeness (QED) is 0.133. The number of carbonyl (C=O) groups excluding carboxylic acids is 3. The molecule has 3 N–H and O–H groups in total. The van der Waals surface area contributed by atoms with Crippen molar-refractivity contribution in [1.82, 2.24) is 5.32 Å². The lowest BCUT2D eigenvalue weighted by atomic mass is 9.91. The molecule has 1 aromatic carbocycles. The molecule has 0 aliphatic carbocycles. The van der Waals surface area contributed by atoms with Crippen molar-refractivity contribution in [3.05, 3.63) is 35.9 Å². The first-order chi connectivity index (χ1) is 18.5. The molecule has 0 saturated heterocycles. The highest BCUT2D eigenvalue weighted by Crippen LogP contribution is 2.33. The van der Waals surface area contributed by atoms with E-state index in [1.165, 1.54) is 0 Å². The van der Waals surface area contributed by atoms with Gasteiger partial charge in [0.1, 0.15) is 20.5 Å². The van der Waals surface area contributed by atoms with Gasteiger partial charge >= 0.3 is 11.9 Å². The number of nitrogens with one attached hydrogen (secondary N) is 1. The van der Waals surface area contributed by atoms with E-state index >= 15 is 0 Å². The Hall–Kier alpha value is -2.24. The zero-order valence-corrected chi connectivity index (χ0v) is 25.2. The Morgan fingerprint density at radius 2 is 1.60 bits per heavy atom. The van der Waals surface area contributed by atoms with E-state index in [9.17, 15) is 40.3 Å². The molecule has 0 aliphatic rings. The van der Waals surface area contributed by atoms with Crippen molar-refractivity contribution < 1.29 is 49.8 Å². The van der Waals surface area contributed by atoms with Gasteiger partial charge in [0, 0.05) is 30.6 Å². The Labute approximate surface area is 239 Å². The van der Waals surface area contributed by atoms with Crippen LogP contribution in [0.4, 0.5) is 0 Å². The molecular weight excluding hydrogens is 588 g/mol. The van der Waals surface area contributed by atoms with Crippen molar-refractivity contribution in [2.75, 3.05) is 18.6 Å². The maximum Gasteiger partial charge on any atom is 0.328 e. The fourth-order valence-corrected chi connectivity index (χ4v) is 6.17. The van der Waals surface area contributed by atoms with Crippen LogP contribution in [0.3, 0.4) is 0 Å². The van der Waals surface area contributed by atoms with Gasteiger partial charge < -0.3 is 29.6 Å². The molecule has 40 heavy (non-hydrogen) atoms. The second-order valence-corrected chi connectivity index (χ2v) is 14.5. The maximum atomic E-state index is 13.2. The number of hydrogen-bond acceptors (Lipinski definition) is 12. The average molecular weight is 625 g/mol. The van der Waals surface area contributed by atoms with Gasteiger partial charge in [-0.1, -0.05) is 51.1 Å². The smallest absolute Gasteiger partial charge is 0.328 e. The summed E-state index contributed by atoms with van der Waals surface area (Å²) in [6.45, 7) is 4.17. The molecule has 0 spiro atoms. The molecule has 0 radical (unpaired) electrons. The largest absolute Gasteiger partial charge is 0.771 e. The van der Waals surface area contributed by atoms with E-state index in [4.69, 9.17) is 15.2 Å². The van der Waals surface area contributed by atoms with E-state index < -0.39 is 103 Å². The van der Waals surface area contributed by atoms with Crippen molar-refractivity contribution in [3.8, 4) is 0 Å². The fourth-order valence-electron chi connectivity index (χ4n) is 3.63. The number of carbonyl (C=O) groups is 3. The van der Waals surface area contributed by atoms with Gasteiger partial charge in [-0.2, -0.15) is 0 Å². The first-order valence-electron chi connectivity index (χ1n) is 12.4. The van der Waals surface area contributed by atoms with Crippen LogP contribution in [0.25, 0.3) is 0 Å². The van der Waals surface area contributed by atoms with Crippen LogP contribution in [0, 0.1) is 11.8 Å². The van der Waals surface area contributed by atoms with Gasteiger partial charge in [-0.15, -0.1) is 0 Å². The van der Waals surface area contributed by atoms with E-state index in [0.29, 0.717) is 5.56 Å². The molecular formula is C24H36N2O11S3-2. The molecule has 1 aromatic rings. The van der Waals surface area contributed by atoms with Gasteiger partial charge in [0.05, 0.1) is 5.75 Å². The number of ether oxygens (including phenoxy) is 2. The monoisotopic (exact) mass is 624 g/mol. The van der Waals surface area contributed by atoms with Gasteiger partial charge in [-0.05, 0) is 47.0 Å². The number of esters is 2. The number of sulfone groups is 1. The lowest BCUT2D eigenvalue weighted by Crippen LogP contribution is -2.57. The summed E-state index contributed by atoms with van der Waals surface area (Å²) in [5.74, 6) is -4.72. The highest BCUT2D eigenvalue weighted by atomic mass is 32.3. The van der Waals surface area contributed by atoms with Crippen LogP contribution < -0.4 is 11.1 Å². The van der Waals surface area contributed by atoms with E-state index in [1.54, 1.807) is 51.1 Å². The lowest BCUT2D eigenvalue weighted by Gasteiger charge is -2.43. The number of benzene rings is 1. The maximum absolute atomic E-state index is 13.2. The average Bonchev–Trinajstić information content (AvgIpc) is 2.87. The van der Waals surface area contributed by atoms with E-state index in [0.717, 1.165) is 6.26 Å². The predicted octanol–water partition coefficient (Wildman–Crippen LogP) is 0.0466.